The van der Waals surface area contributed by atoms with Gasteiger partial charge in [-0.25, -0.2) is 16.8 Å². The Balaban J connectivity index is 1.58. The van der Waals surface area contributed by atoms with E-state index in [0.717, 1.165) is 12.1 Å². The number of phenolic OH excluding ortho intramolecular Hbond substituents is 1. The molecule has 0 saturated heterocycles. The van der Waals surface area contributed by atoms with E-state index in [-0.39, 0.29) is 57.1 Å². The molecule has 6 N–H and O–H groups in total. The van der Waals surface area contributed by atoms with Crippen LogP contribution in [0.1, 0.15) is 6.92 Å². The topological polar surface area (TPSA) is 395 Å². The standard InChI is InChI=1S/C32H33N7O19S6/c1-3-39(20-5-4-6-22(17-20)60(42,43)16-14-58-64(53,54)55)31-34-30(35-32(36-31)56-2)33-24-11-12-25(61(44,45)46)23-18-26(62(47,48)49)28(29(40)27(23)24)38-37-19-7-9-21(10-8-19)59(41)15-13-57-63(50,51)52/h4-12,17-18,40H,3,13-16H2,1-2H3,(H,44,45,46)(H,47,48,49)(H,50,51,52)(H,53,54,55)(H,33,34,35,36). The Hall–Kier alpha value is -5.39. The van der Waals surface area contributed by atoms with E-state index >= 15 is 0 Å². The highest BCUT2D eigenvalue weighted by Crippen LogP contribution is 2.46. The number of sulfone groups is 1. The van der Waals surface area contributed by atoms with Crippen LogP contribution in [0.2, 0.25) is 0 Å². The number of phenols is 1. The highest BCUT2D eigenvalue weighted by molar-refractivity contribution is 7.91. The van der Waals surface area contributed by atoms with E-state index in [9.17, 15) is 60.5 Å². The zero-order valence-electron chi connectivity index (χ0n) is 32.5. The second-order valence-electron chi connectivity index (χ2n) is 12.4. The number of anilines is 4. The lowest BCUT2D eigenvalue weighted by Crippen LogP contribution is -2.21. The largest absolute Gasteiger partial charge is 0.505 e. The summed E-state index contributed by atoms with van der Waals surface area (Å²) >= 11 is 0. The number of benzene rings is 4. The summed E-state index contributed by atoms with van der Waals surface area (Å²) in [5.74, 6) is -2.86. The van der Waals surface area contributed by atoms with Crippen LogP contribution >= 0.6 is 0 Å². The quantitative estimate of drug-likeness (QED) is 0.0482. The number of nitrogens with zero attached hydrogens (tertiary/aromatic N) is 6. The summed E-state index contributed by atoms with van der Waals surface area (Å²) in [6, 6.07) is 12.4. The molecule has 4 aromatic carbocycles. The van der Waals surface area contributed by atoms with E-state index < -0.39 is 113 Å². The van der Waals surface area contributed by atoms with Gasteiger partial charge >= 0.3 is 26.8 Å². The molecule has 0 aliphatic heterocycles. The molecule has 0 radical (unpaired) electrons. The number of methoxy groups -OCH3 is 1. The second-order valence-corrected chi connectivity index (χ2v) is 21.1. The molecule has 26 nitrogen and oxygen atoms in total. The Bertz CT molecular complexity index is 3230. The summed E-state index contributed by atoms with van der Waals surface area (Å²) in [7, 11) is -25.0. The monoisotopic (exact) mass is 1010 g/mol. The van der Waals surface area contributed by atoms with Crippen molar-refractivity contribution in [3.63, 3.8) is 0 Å². The summed E-state index contributed by atoms with van der Waals surface area (Å²) < 4.78 is 183. The van der Waals surface area contributed by atoms with Gasteiger partial charge in [-0.05, 0) is 67.6 Å². The van der Waals surface area contributed by atoms with E-state index in [1.165, 1.54) is 60.5 Å². The van der Waals surface area contributed by atoms with Crippen molar-refractivity contribution in [1.82, 2.24) is 15.0 Å². The second kappa shape index (κ2) is 19.4. The number of azo groups is 1. The Morgan fingerprint density at radius 2 is 1.41 bits per heavy atom. The molecule has 0 amide bonds. The molecule has 0 aliphatic carbocycles. The molecular weight excluding hydrogens is 979 g/mol. The van der Waals surface area contributed by atoms with Gasteiger partial charge in [0.2, 0.25) is 11.9 Å². The third kappa shape index (κ3) is 12.7. The summed E-state index contributed by atoms with van der Waals surface area (Å²) in [6.45, 7) is 0.194. The van der Waals surface area contributed by atoms with Crippen LogP contribution in [-0.2, 0) is 70.0 Å². The summed E-state index contributed by atoms with van der Waals surface area (Å²) in [4.78, 5) is 11.8. The average Bonchev–Trinajstić information content (AvgIpc) is 3.19. The van der Waals surface area contributed by atoms with Crippen molar-refractivity contribution < 1.29 is 82.7 Å². The van der Waals surface area contributed by atoms with Crippen molar-refractivity contribution in [1.29, 1.82) is 0 Å². The maximum atomic E-state index is 13.0. The minimum Gasteiger partial charge on any atom is -0.505 e. The molecule has 0 aliphatic rings. The lowest BCUT2D eigenvalue weighted by atomic mass is 10.1. The van der Waals surface area contributed by atoms with Gasteiger partial charge in [-0.1, -0.05) is 6.07 Å². The predicted octanol–water partition coefficient (Wildman–Crippen LogP) is 3.07. The normalized spacial score (nSPS) is 13.3. The van der Waals surface area contributed by atoms with Crippen LogP contribution in [-0.4, -0.2) is 123 Å². The van der Waals surface area contributed by atoms with Crippen molar-refractivity contribution in [2.24, 2.45) is 10.2 Å². The molecule has 1 heterocycles. The highest BCUT2D eigenvalue weighted by Gasteiger charge is 2.28. The Morgan fingerprint density at radius 3 is 2.00 bits per heavy atom. The lowest BCUT2D eigenvalue weighted by Gasteiger charge is -2.22. The molecule has 346 valence electrons. The third-order valence-corrected chi connectivity index (χ3v) is 14.0. The Kier molecular flexibility index (Phi) is 15.0. The fourth-order valence-corrected chi connectivity index (χ4v) is 9.71. The molecule has 1 aromatic heterocycles. The van der Waals surface area contributed by atoms with E-state index in [1.54, 1.807) is 6.92 Å². The van der Waals surface area contributed by atoms with Gasteiger partial charge in [0.05, 0.1) is 64.3 Å². The first-order valence-electron chi connectivity index (χ1n) is 17.3. The maximum absolute atomic E-state index is 13.0. The summed E-state index contributed by atoms with van der Waals surface area (Å²) in [6.07, 6.45) is 0. The molecule has 1 unspecified atom stereocenters. The molecule has 5 aromatic rings. The first kappa shape index (κ1) is 49.6. The third-order valence-electron chi connectivity index (χ3n) is 8.26. The Morgan fingerprint density at radius 1 is 0.766 bits per heavy atom. The van der Waals surface area contributed by atoms with E-state index in [4.69, 9.17) is 13.8 Å². The van der Waals surface area contributed by atoms with Crippen LogP contribution in [0, 0.1) is 0 Å². The molecule has 0 spiro atoms. The first-order valence-corrected chi connectivity index (χ1v) is 25.9. The highest BCUT2D eigenvalue weighted by atomic mass is 32.3. The van der Waals surface area contributed by atoms with Crippen molar-refractivity contribution in [3.8, 4) is 11.8 Å². The van der Waals surface area contributed by atoms with Gasteiger partial charge in [0.15, 0.2) is 15.6 Å². The van der Waals surface area contributed by atoms with E-state index in [2.05, 4.69) is 38.9 Å². The zero-order chi connectivity index (χ0) is 47.4. The van der Waals surface area contributed by atoms with Crippen LogP contribution in [0.25, 0.3) is 10.8 Å². The molecular formula is C32H33N7O19S6. The molecule has 1 atom stereocenters. The van der Waals surface area contributed by atoms with Crippen LogP contribution < -0.4 is 15.0 Å². The van der Waals surface area contributed by atoms with Crippen molar-refractivity contribution in [2.45, 2.75) is 26.5 Å². The maximum Gasteiger partial charge on any atom is 0.397 e. The Labute approximate surface area is 366 Å². The number of aromatic hydroxyl groups is 1. The van der Waals surface area contributed by atoms with Crippen molar-refractivity contribution in [2.75, 3.05) is 48.6 Å². The summed E-state index contributed by atoms with van der Waals surface area (Å²) in [5, 5.41) is 20.8. The fraction of sp³-hybridized carbons (Fsp3) is 0.219. The minimum absolute atomic E-state index is 0.0552. The molecule has 5 rings (SSSR count). The SMILES string of the molecule is CCN(c1cccc(S(=O)(=O)CCOS(=O)(=O)O)c1)c1nc(Nc2ccc(S(=O)(=O)O)c3cc(S(=O)(=O)O)c(N=Nc4ccc(S(=O)CCOS(=O)(=O)O)cc4)c(O)c23)nc(OC)n1. The minimum atomic E-state index is -5.36. The predicted molar refractivity (Wildman–Crippen MR) is 223 cm³/mol. The molecule has 32 heteroatoms. The van der Waals surface area contributed by atoms with Crippen LogP contribution in [0.3, 0.4) is 0 Å². The number of aromatic nitrogens is 3. The van der Waals surface area contributed by atoms with E-state index in [1.807, 2.05) is 0 Å². The average molecular weight is 1010 g/mol. The van der Waals surface area contributed by atoms with Crippen LogP contribution in [0.4, 0.5) is 34.6 Å². The number of rotatable bonds is 20. The van der Waals surface area contributed by atoms with Crippen molar-refractivity contribution in [3.05, 3.63) is 66.7 Å². The molecule has 0 saturated carbocycles. The molecule has 0 fully saturated rings. The van der Waals surface area contributed by atoms with Gasteiger partial charge in [-0.3, -0.25) is 22.4 Å². The van der Waals surface area contributed by atoms with Crippen LogP contribution in [0.15, 0.2) is 96.5 Å². The van der Waals surface area contributed by atoms with Gasteiger partial charge in [0, 0.05) is 22.5 Å². The van der Waals surface area contributed by atoms with Gasteiger partial charge in [-0.15, -0.1) is 5.11 Å². The van der Waals surface area contributed by atoms with Gasteiger partial charge in [0.1, 0.15) is 15.5 Å². The van der Waals surface area contributed by atoms with E-state index in [0.29, 0.717) is 6.07 Å². The number of ether oxygens (including phenoxy) is 1. The zero-order valence-corrected chi connectivity index (χ0v) is 37.4. The number of hydrogen-bond acceptors (Lipinski definition) is 22. The smallest absolute Gasteiger partial charge is 0.397 e. The van der Waals surface area contributed by atoms with Gasteiger partial charge in [-0.2, -0.15) is 53.7 Å². The lowest BCUT2D eigenvalue weighted by molar-refractivity contribution is 0.282. The van der Waals surface area contributed by atoms with Gasteiger partial charge < -0.3 is 20.1 Å². The first-order chi connectivity index (χ1) is 29.7. The molecule has 0 bridgehead atoms. The number of hydrogen-bond donors (Lipinski definition) is 6. The fourth-order valence-electron chi connectivity index (χ4n) is 5.55. The number of fused-ring (bicyclic) bond motifs is 1. The summed E-state index contributed by atoms with van der Waals surface area (Å²) in [5.41, 5.74) is -1.09. The number of nitrogens with one attached hydrogen (secondary N) is 1. The van der Waals surface area contributed by atoms with Crippen LogP contribution in [0.5, 0.6) is 11.8 Å². The van der Waals surface area contributed by atoms with Crippen molar-refractivity contribution >= 4 is 107 Å². The van der Waals surface area contributed by atoms with Gasteiger partial charge in [0.25, 0.3) is 20.2 Å². The molecule has 64 heavy (non-hydrogen) atoms.